The molecule has 130 valence electrons. The highest BCUT2D eigenvalue weighted by Crippen LogP contribution is 2.21. The van der Waals surface area contributed by atoms with Crippen LogP contribution in [0.2, 0.25) is 0 Å². The molecule has 1 saturated heterocycles. The van der Waals surface area contributed by atoms with Crippen LogP contribution in [-0.4, -0.2) is 33.5 Å². The van der Waals surface area contributed by atoms with Crippen LogP contribution in [0.1, 0.15) is 28.8 Å². The Morgan fingerprint density at radius 3 is 2.12 bits per heavy atom. The summed E-state index contributed by atoms with van der Waals surface area (Å²) in [5, 5.41) is 0. The van der Waals surface area contributed by atoms with E-state index in [1.54, 1.807) is 18.2 Å². The monoisotopic (exact) mass is 355 g/mol. The summed E-state index contributed by atoms with van der Waals surface area (Å²) in [6.45, 7) is 2.22. The Morgan fingerprint density at radius 2 is 1.56 bits per heavy atom. The summed E-state index contributed by atoms with van der Waals surface area (Å²) in [5.74, 6) is -0.149. The first kappa shape index (κ1) is 17.4. The molecule has 4 nitrogen and oxygen atoms in total. The fourth-order valence-corrected chi connectivity index (χ4v) is 3.54. The average Bonchev–Trinajstić information content (AvgIpc) is 3.14. The highest BCUT2D eigenvalue weighted by atomic mass is 32.2. The van der Waals surface area contributed by atoms with Crippen LogP contribution in [0, 0.1) is 0 Å². The van der Waals surface area contributed by atoms with Crippen LogP contribution in [0.5, 0.6) is 0 Å². The Hall–Kier alpha value is -2.40. The van der Waals surface area contributed by atoms with E-state index in [9.17, 15) is 13.2 Å². The van der Waals surface area contributed by atoms with Gasteiger partial charge >= 0.3 is 0 Å². The van der Waals surface area contributed by atoms with Crippen molar-refractivity contribution in [3.63, 3.8) is 0 Å². The van der Waals surface area contributed by atoms with Crippen molar-refractivity contribution < 1.29 is 13.2 Å². The maximum Gasteiger partial charge on any atom is 0.185 e. The van der Waals surface area contributed by atoms with E-state index in [1.165, 1.54) is 36.7 Å². The number of carbonyl (C=O) groups excluding carboxylic acids is 1. The van der Waals surface area contributed by atoms with E-state index < -0.39 is 9.84 Å². The molecule has 0 radical (unpaired) electrons. The van der Waals surface area contributed by atoms with E-state index in [2.05, 4.69) is 17.0 Å². The van der Waals surface area contributed by atoms with Crippen molar-refractivity contribution in [2.24, 2.45) is 0 Å². The Bertz CT molecular complexity index is 876. The molecule has 5 heteroatoms. The van der Waals surface area contributed by atoms with Crippen molar-refractivity contribution in [2.75, 3.05) is 24.2 Å². The number of allylic oxidation sites excluding steroid dienone is 1. The van der Waals surface area contributed by atoms with Crippen LogP contribution >= 0.6 is 0 Å². The molecule has 1 aliphatic heterocycles. The van der Waals surface area contributed by atoms with Crippen molar-refractivity contribution in [2.45, 2.75) is 17.7 Å². The van der Waals surface area contributed by atoms with E-state index in [-0.39, 0.29) is 10.7 Å². The van der Waals surface area contributed by atoms with Crippen molar-refractivity contribution in [1.82, 2.24) is 0 Å². The molecule has 0 aliphatic carbocycles. The lowest BCUT2D eigenvalue weighted by molar-refractivity contribution is 0.104. The van der Waals surface area contributed by atoms with E-state index in [4.69, 9.17) is 0 Å². The molecule has 0 bridgehead atoms. The summed E-state index contributed by atoms with van der Waals surface area (Å²) >= 11 is 0. The van der Waals surface area contributed by atoms with Gasteiger partial charge in [-0.3, -0.25) is 4.79 Å². The summed E-state index contributed by atoms with van der Waals surface area (Å²) < 4.78 is 22.9. The molecule has 1 aliphatic rings. The number of hydrogen-bond acceptors (Lipinski definition) is 4. The average molecular weight is 355 g/mol. The molecule has 1 heterocycles. The molecule has 1 fully saturated rings. The zero-order valence-electron chi connectivity index (χ0n) is 14.2. The number of hydrogen-bond donors (Lipinski definition) is 0. The first-order chi connectivity index (χ1) is 11.9. The van der Waals surface area contributed by atoms with Gasteiger partial charge in [-0.05, 0) is 60.9 Å². The molecule has 3 rings (SSSR count). The second-order valence-corrected chi connectivity index (χ2v) is 8.30. The van der Waals surface area contributed by atoms with E-state index in [0.29, 0.717) is 5.56 Å². The molecule has 0 aromatic heterocycles. The van der Waals surface area contributed by atoms with Crippen LogP contribution in [-0.2, 0) is 9.84 Å². The molecule has 0 amide bonds. The summed E-state index contributed by atoms with van der Waals surface area (Å²) in [6, 6.07) is 14.2. The molecule has 0 unspecified atom stereocenters. The van der Waals surface area contributed by atoms with Crippen LogP contribution in [0.4, 0.5) is 5.69 Å². The molecule has 0 atom stereocenters. The van der Waals surface area contributed by atoms with Gasteiger partial charge in [0.15, 0.2) is 15.6 Å². The molecule has 0 saturated carbocycles. The Morgan fingerprint density at radius 1 is 0.960 bits per heavy atom. The molecule has 0 spiro atoms. The number of rotatable bonds is 5. The van der Waals surface area contributed by atoms with E-state index >= 15 is 0 Å². The molecule has 2 aromatic carbocycles. The number of benzene rings is 2. The van der Waals surface area contributed by atoms with Gasteiger partial charge in [0.25, 0.3) is 0 Å². The summed E-state index contributed by atoms with van der Waals surface area (Å²) in [5.41, 5.74) is 2.65. The number of sulfone groups is 1. The van der Waals surface area contributed by atoms with Gasteiger partial charge in [-0.2, -0.15) is 0 Å². The molecule has 0 N–H and O–H groups in total. The van der Waals surface area contributed by atoms with Gasteiger partial charge in [-0.15, -0.1) is 0 Å². The lowest BCUT2D eigenvalue weighted by atomic mass is 10.1. The van der Waals surface area contributed by atoms with E-state index in [1.807, 2.05) is 12.1 Å². The van der Waals surface area contributed by atoms with Crippen molar-refractivity contribution in [3.05, 3.63) is 65.7 Å². The third kappa shape index (κ3) is 4.37. The minimum absolute atomic E-state index is 0.149. The number of nitrogens with zero attached hydrogens (tertiary/aromatic N) is 1. The van der Waals surface area contributed by atoms with Crippen LogP contribution in [0.25, 0.3) is 6.08 Å². The number of ketones is 1. The van der Waals surface area contributed by atoms with Crippen LogP contribution < -0.4 is 4.90 Å². The zero-order chi connectivity index (χ0) is 17.9. The quantitative estimate of drug-likeness (QED) is 0.608. The summed E-state index contributed by atoms with van der Waals surface area (Å²) in [4.78, 5) is 14.8. The smallest absolute Gasteiger partial charge is 0.185 e. The number of anilines is 1. The SMILES string of the molecule is CS(=O)(=O)c1ccc(C(=O)/C=C/c2ccc(N3CCCC3)cc2)cc1. The largest absolute Gasteiger partial charge is 0.372 e. The van der Waals surface area contributed by atoms with E-state index in [0.717, 1.165) is 24.9 Å². The fourth-order valence-electron chi connectivity index (χ4n) is 2.91. The van der Waals surface area contributed by atoms with Crippen molar-refractivity contribution in [1.29, 1.82) is 0 Å². The maximum absolute atomic E-state index is 12.2. The lowest BCUT2D eigenvalue weighted by Crippen LogP contribution is -2.17. The molecule has 25 heavy (non-hydrogen) atoms. The van der Waals surface area contributed by atoms with Gasteiger partial charge in [0, 0.05) is 30.6 Å². The summed E-state index contributed by atoms with van der Waals surface area (Å²) in [7, 11) is -3.25. The fraction of sp³-hybridized carbons (Fsp3) is 0.250. The van der Waals surface area contributed by atoms with Gasteiger partial charge in [0.05, 0.1) is 4.90 Å². The minimum atomic E-state index is -3.25. The highest BCUT2D eigenvalue weighted by Gasteiger charge is 2.11. The first-order valence-electron chi connectivity index (χ1n) is 8.31. The topological polar surface area (TPSA) is 54.5 Å². The maximum atomic E-state index is 12.2. The Kier molecular flexibility index (Phi) is 5.04. The van der Waals surface area contributed by atoms with Gasteiger partial charge < -0.3 is 4.90 Å². The highest BCUT2D eigenvalue weighted by molar-refractivity contribution is 7.90. The molecular formula is C20H21NO3S. The molecule has 2 aromatic rings. The van der Waals surface area contributed by atoms with Crippen LogP contribution in [0.3, 0.4) is 0 Å². The number of carbonyl (C=O) groups is 1. The Balaban J connectivity index is 1.67. The second-order valence-electron chi connectivity index (χ2n) is 6.28. The van der Waals surface area contributed by atoms with Gasteiger partial charge in [-0.1, -0.05) is 18.2 Å². The van der Waals surface area contributed by atoms with Crippen molar-refractivity contribution in [3.8, 4) is 0 Å². The second kappa shape index (κ2) is 7.23. The van der Waals surface area contributed by atoms with Gasteiger partial charge in [-0.25, -0.2) is 8.42 Å². The van der Waals surface area contributed by atoms with Gasteiger partial charge in [0.2, 0.25) is 0 Å². The lowest BCUT2D eigenvalue weighted by Gasteiger charge is -2.17. The normalized spacial score (nSPS) is 15.0. The van der Waals surface area contributed by atoms with Crippen LogP contribution in [0.15, 0.2) is 59.5 Å². The predicted molar refractivity (Wildman–Crippen MR) is 101 cm³/mol. The zero-order valence-corrected chi connectivity index (χ0v) is 15.0. The summed E-state index contributed by atoms with van der Waals surface area (Å²) in [6.07, 6.45) is 6.93. The minimum Gasteiger partial charge on any atom is -0.372 e. The molecular weight excluding hydrogens is 334 g/mol. The third-order valence-electron chi connectivity index (χ3n) is 4.36. The third-order valence-corrected chi connectivity index (χ3v) is 5.49. The standard InChI is InChI=1S/C20H21NO3S/c1-25(23,24)19-11-7-17(8-12-19)20(22)13-6-16-4-9-18(10-5-16)21-14-2-3-15-21/h4-13H,2-3,14-15H2,1H3/b13-6+. The predicted octanol–water partition coefficient (Wildman–Crippen LogP) is 3.59. The van der Waals surface area contributed by atoms with Gasteiger partial charge in [0.1, 0.15) is 0 Å². The Labute approximate surface area is 148 Å². The van der Waals surface area contributed by atoms with Crippen molar-refractivity contribution >= 4 is 27.4 Å². The first-order valence-corrected chi connectivity index (χ1v) is 10.2.